The molecule has 0 bridgehead atoms. The van der Waals surface area contributed by atoms with E-state index >= 15 is 0 Å². The van der Waals surface area contributed by atoms with Gasteiger partial charge in [-0.1, -0.05) is 6.58 Å². The molecule has 0 saturated carbocycles. The predicted molar refractivity (Wildman–Crippen MR) is 48.2 cm³/mol. The van der Waals surface area contributed by atoms with Crippen LogP contribution in [0.5, 0.6) is 0 Å². The molecule has 0 radical (unpaired) electrons. The first-order valence-corrected chi connectivity index (χ1v) is 4.52. The van der Waals surface area contributed by atoms with Crippen LogP contribution < -0.4 is 5.32 Å². The number of likely N-dealkylation sites (N-methyl/N-ethyl adjacent to an activating group) is 1. The van der Waals surface area contributed by atoms with Crippen LogP contribution in [-0.4, -0.2) is 36.7 Å². The fraction of sp³-hybridized carbons (Fsp3) is 0.667. The van der Waals surface area contributed by atoms with E-state index in [2.05, 4.69) is 11.9 Å². The second kappa shape index (κ2) is 2.73. The zero-order valence-corrected chi connectivity index (χ0v) is 7.80. The Kier molecular flexibility index (Phi) is 1.80. The van der Waals surface area contributed by atoms with Crippen molar-refractivity contribution in [1.82, 2.24) is 10.2 Å². The lowest BCUT2D eigenvalue weighted by Gasteiger charge is -2.32. The Bertz CT molecular complexity index is 256. The maximum atomic E-state index is 11.3. The number of ether oxygens (including phenoxy) is 1. The summed E-state index contributed by atoms with van der Waals surface area (Å²) in [7, 11) is 1.71. The Morgan fingerprint density at radius 2 is 2.15 bits per heavy atom. The summed E-state index contributed by atoms with van der Waals surface area (Å²) in [5.74, 6) is 0. The van der Waals surface area contributed by atoms with Crippen molar-refractivity contribution in [2.24, 2.45) is 0 Å². The normalized spacial score (nSPS) is 26.7. The van der Waals surface area contributed by atoms with E-state index in [1.165, 1.54) is 4.90 Å². The highest BCUT2D eigenvalue weighted by molar-refractivity contribution is 5.74. The molecule has 2 aliphatic heterocycles. The van der Waals surface area contributed by atoms with Gasteiger partial charge in [0.05, 0.1) is 5.70 Å². The molecule has 2 rings (SSSR count). The lowest BCUT2D eigenvalue weighted by Crippen LogP contribution is -2.43. The topological polar surface area (TPSA) is 41.6 Å². The van der Waals surface area contributed by atoms with E-state index in [-0.39, 0.29) is 6.09 Å². The summed E-state index contributed by atoms with van der Waals surface area (Å²) in [6.45, 7) is 5.69. The van der Waals surface area contributed by atoms with Gasteiger partial charge in [-0.25, -0.2) is 4.79 Å². The van der Waals surface area contributed by atoms with Gasteiger partial charge in [0, 0.05) is 19.9 Å². The zero-order valence-electron chi connectivity index (χ0n) is 7.80. The maximum absolute atomic E-state index is 11.3. The number of piperidine rings is 1. The molecule has 0 aromatic carbocycles. The minimum Gasteiger partial charge on any atom is -0.436 e. The minimum absolute atomic E-state index is 0.271. The molecule has 4 nitrogen and oxygen atoms in total. The summed E-state index contributed by atoms with van der Waals surface area (Å²) < 4.78 is 5.36. The van der Waals surface area contributed by atoms with Crippen LogP contribution in [0.3, 0.4) is 0 Å². The van der Waals surface area contributed by atoms with Gasteiger partial charge in [0.25, 0.3) is 0 Å². The highest BCUT2D eigenvalue weighted by atomic mass is 16.6. The Morgan fingerprint density at radius 1 is 1.54 bits per heavy atom. The molecule has 0 atom stereocenters. The molecular formula is C9H14N2O2. The van der Waals surface area contributed by atoms with Crippen LogP contribution >= 0.6 is 0 Å². The van der Waals surface area contributed by atoms with Crippen LogP contribution in [0, 0.1) is 0 Å². The van der Waals surface area contributed by atoms with Crippen molar-refractivity contribution < 1.29 is 9.53 Å². The number of hydrogen-bond acceptors (Lipinski definition) is 3. The molecular weight excluding hydrogens is 168 g/mol. The van der Waals surface area contributed by atoms with Gasteiger partial charge in [0.15, 0.2) is 5.60 Å². The van der Waals surface area contributed by atoms with E-state index in [4.69, 9.17) is 4.74 Å². The SMILES string of the molecule is C=C1N(C)C(=O)OC12CCNCC2. The van der Waals surface area contributed by atoms with Gasteiger partial charge < -0.3 is 10.1 Å². The second-order valence-electron chi connectivity index (χ2n) is 3.62. The minimum atomic E-state index is -0.406. The van der Waals surface area contributed by atoms with Gasteiger partial charge in [0.1, 0.15) is 0 Å². The summed E-state index contributed by atoms with van der Waals surface area (Å²) in [5, 5.41) is 3.24. The number of nitrogens with zero attached hydrogens (tertiary/aromatic N) is 1. The van der Waals surface area contributed by atoms with Crippen LogP contribution in [0.4, 0.5) is 4.79 Å². The van der Waals surface area contributed by atoms with E-state index in [0.29, 0.717) is 0 Å². The number of carbonyl (C=O) groups excluding carboxylic acids is 1. The summed E-state index contributed by atoms with van der Waals surface area (Å²) in [5.41, 5.74) is 0.399. The third kappa shape index (κ3) is 1.13. The van der Waals surface area contributed by atoms with E-state index in [1.54, 1.807) is 7.05 Å². The first-order valence-electron chi connectivity index (χ1n) is 4.52. The van der Waals surface area contributed by atoms with E-state index < -0.39 is 5.60 Å². The Hall–Kier alpha value is -1.03. The van der Waals surface area contributed by atoms with Crippen LogP contribution in [-0.2, 0) is 4.74 Å². The van der Waals surface area contributed by atoms with Crippen molar-refractivity contribution in [3.05, 3.63) is 12.3 Å². The molecule has 0 aromatic rings. The summed E-state index contributed by atoms with van der Waals surface area (Å²) in [6.07, 6.45) is 1.40. The van der Waals surface area contributed by atoms with E-state index in [0.717, 1.165) is 31.6 Å². The molecule has 1 N–H and O–H groups in total. The molecule has 4 heteroatoms. The van der Waals surface area contributed by atoms with Crippen LogP contribution in [0.2, 0.25) is 0 Å². The summed E-state index contributed by atoms with van der Waals surface area (Å²) in [6, 6.07) is 0. The van der Waals surface area contributed by atoms with Crippen molar-refractivity contribution in [3.63, 3.8) is 0 Å². The molecule has 13 heavy (non-hydrogen) atoms. The molecule has 1 spiro atoms. The van der Waals surface area contributed by atoms with Crippen molar-refractivity contribution in [2.45, 2.75) is 18.4 Å². The fourth-order valence-corrected chi connectivity index (χ4v) is 1.93. The van der Waals surface area contributed by atoms with Crippen molar-refractivity contribution >= 4 is 6.09 Å². The van der Waals surface area contributed by atoms with Crippen LogP contribution in [0.25, 0.3) is 0 Å². The highest BCUT2D eigenvalue weighted by Crippen LogP contribution is 2.37. The monoisotopic (exact) mass is 182 g/mol. The van der Waals surface area contributed by atoms with Gasteiger partial charge >= 0.3 is 6.09 Å². The number of rotatable bonds is 0. The second-order valence-corrected chi connectivity index (χ2v) is 3.62. The summed E-state index contributed by atoms with van der Waals surface area (Å²) >= 11 is 0. The average Bonchev–Trinajstić information content (AvgIpc) is 2.33. The van der Waals surface area contributed by atoms with Gasteiger partial charge in [-0.3, -0.25) is 4.90 Å². The maximum Gasteiger partial charge on any atom is 0.414 e. The summed E-state index contributed by atoms with van der Waals surface area (Å²) in [4.78, 5) is 12.8. The fourth-order valence-electron chi connectivity index (χ4n) is 1.93. The molecule has 2 saturated heterocycles. The first kappa shape index (κ1) is 8.56. The molecule has 0 aromatic heterocycles. The molecule has 0 unspecified atom stereocenters. The third-order valence-corrected chi connectivity index (χ3v) is 2.90. The standard InChI is InChI=1S/C9H14N2O2/c1-7-9(3-5-10-6-4-9)13-8(12)11(7)2/h10H,1,3-6H2,2H3. The number of carbonyl (C=O) groups is 1. The van der Waals surface area contributed by atoms with Crippen LogP contribution in [0.15, 0.2) is 12.3 Å². The van der Waals surface area contributed by atoms with Crippen molar-refractivity contribution in [1.29, 1.82) is 0 Å². The third-order valence-electron chi connectivity index (χ3n) is 2.90. The first-order chi connectivity index (χ1) is 6.16. The lowest BCUT2D eigenvalue weighted by molar-refractivity contribution is 0.0456. The predicted octanol–water partition coefficient (Wildman–Crippen LogP) is 0.704. The average molecular weight is 182 g/mol. The Morgan fingerprint density at radius 3 is 2.62 bits per heavy atom. The van der Waals surface area contributed by atoms with E-state index in [9.17, 15) is 4.79 Å². The quantitative estimate of drug-likeness (QED) is 0.599. The number of amides is 1. The number of nitrogens with one attached hydrogen (secondary N) is 1. The zero-order chi connectivity index (χ0) is 9.47. The largest absolute Gasteiger partial charge is 0.436 e. The molecule has 0 aliphatic carbocycles. The highest BCUT2D eigenvalue weighted by Gasteiger charge is 2.47. The Labute approximate surface area is 77.5 Å². The van der Waals surface area contributed by atoms with Gasteiger partial charge in [-0.2, -0.15) is 0 Å². The molecule has 1 amide bonds. The van der Waals surface area contributed by atoms with Crippen LogP contribution in [0.1, 0.15) is 12.8 Å². The molecule has 2 aliphatic rings. The molecule has 72 valence electrons. The van der Waals surface area contributed by atoms with E-state index in [1.807, 2.05) is 0 Å². The van der Waals surface area contributed by atoms with Gasteiger partial charge in [-0.05, 0) is 13.1 Å². The Balaban J connectivity index is 2.23. The number of hydrogen-bond donors (Lipinski definition) is 1. The molecule has 2 fully saturated rings. The lowest BCUT2D eigenvalue weighted by atomic mass is 9.90. The van der Waals surface area contributed by atoms with Crippen molar-refractivity contribution in [2.75, 3.05) is 20.1 Å². The van der Waals surface area contributed by atoms with Gasteiger partial charge in [-0.15, -0.1) is 0 Å². The van der Waals surface area contributed by atoms with Gasteiger partial charge in [0.2, 0.25) is 0 Å². The molecule has 2 heterocycles. The smallest absolute Gasteiger partial charge is 0.414 e. The van der Waals surface area contributed by atoms with Crippen molar-refractivity contribution in [3.8, 4) is 0 Å².